The molecule has 26 heavy (non-hydrogen) atoms. The lowest BCUT2D eigenvalue weighted by atomic mass is 10.2. The summed E-state index contributed by atoms with van der Waals surface area (Å²) in [7, 11) is 4.32. The van der Waals surface area contributed by atoms with Gasteiger partial charge in [0, 0.05) is 6.07 Å². The average Bonchev–Trinajstić information content (AvgIpc) is 2.66. The van der Waals surface area contributed by atoms with Crippen molar-refractivity contribution in [2.24, 2.45) is 0 Å². The highest BCUT2D eigenvalue weighted by molar-refractivity contribution is 5.97. The first-order valence-electron chi connectivity index (χ1n) is 7.55. The highest BCUT2D eigenvalue weighted by atomic mass is 16.5. The van der Waals surface area contributed by atoms with E-state index in [0.29, 0.717) is 17.2 Å². The van der Waals surface area contributed by atoms with Crippen LogP contribution in [-0.4, -0.2) is 44.9 Å². The molecule has 2 aromatic rings. The summed E-state index contributed by atoms with van der Waals surface area (Å²) >= 11 is 0. The van der Waals surface area contributed by atoms with E-state index in [-0.39, 0.29) is 17.1 Å². The van der Waals surface area contributed by atoms with Crippen molar-refractivity contribution in [3.63, 3.8) is 0 Å². The van der Waals surface area contributed by atoms with Crippen molar-refractivity contribution in [3.8, 4) is 23.0 Å². The number of carbonyl (C=O) groups excluding carboxylic acids is 2. The molecule has 138 valence electrons. The fourth-order valence-corrected chi connectivity index (χ4v) is 2.16. The summed E-state index contributed by atoms with van der Waals surface area (Å²) in [5.74, 6) is -0.698. The molecule has 0 aliphatic rings. The lowest BCUT2D eigenvalue weighted by Gasteiger charge is -2.12. The lowest BCUT2D eigenvalue weighted by molar-refractivity contribution is -0.119. The van der Waals surface area contributed by atoms with Crippen molar-refractivity contribution >= 4 is 17.6 Å². The van der Waals surface area contributed by atoms with Crippen LogP contribution in [0.1, 0.15) is 10.4 Å². The third-order valence-electron chi connectivity index (χ3n) is 3.45. The van der Waals surface area contributed by atoms with Gasteiger partial charge in [0.1, 0.15) is 17.1 Å². The molecular formula is C18H19NO7. The SMILES string of the molecule is COc1ccc(OC)c(NC(=O)COC(=O)c2cccc(OC)c2O)c1. The first kappa shape index (κ1) is 18.9. The fourth-order valence-electron chi connectivity index (χ4n) is 2.16. The molecule has 0 fully saturated rings. The Balaban J connectivity index is 2.02. The van der Waals surface area contributed by atoms with Gasteiger partial charge in [0.25, 0.3) is 5.91 Å². The highest BCUT2D eigenvalue weighted by Crippen LogP contribution is 2.30. The fraction of sp³-hybridized carbons (Fsp3) is 0.222. The van der Waals surface area contributed by atoms with E-state index in [0.717, 1.165) is 0 Å². The Morgan fingerprint density at radius 3 is 2.38 bits per heavy atom. The number of nitrogens with one attached hydrogen (secondary N) is 1. The number of ether oxygens (including phenoxy) is 4. The number of phenolic OH excluding ortho intramolecular Hbond substituents is 1. The summed E-state index contributed by atoms with van der Waals surface area (Å²) in [6.45, 7) is -0.546. The van der Waals surface area contributed by atoms with Crippen LogP contribution in [0.2, 0.25) is 0 Å². The molecular weight excluding hydrogens is 342 g/mol. The summed E-state index contributed by atoms with van der Waals surface area (Å²) in [5, 5.41) is 12.5. The second kappa shape index (κ2) is 8.61. The van der Waals surface area contributed by atoms with E-state index in [1.807, 2.05) is 0 Å². The van der Waals surface area contributed by atoms with E-state index in [1.165, 1.54) is 39.5 Å². The van der Waals surface area contributed by atoms with Crippen molar-refractivity contribution in [3.05, 3.63) is 42.0 Å². The molecule has 8 heteroatoms. The summed E-state index contributed by atoms with van der Waals surface area (Å²) < 4.78 is 20.1. The van der Waals surface area contributed by atoms with E-state index >= 15 is 0 Å². The van der Waals surface area contributed by atoms with Crippen LogP contribution in [0.15, 0.2) is 36.4 Å². The van der Waals surface area contributed by atoms with Crippen LogP contribution in [0, 0.1) is 0 Å². The number of anilines is 1. The number of carbonyl (C=O) groups is 2. The van der Waals surface area contributed by atoms with Crippen molar-refractivity contribution in [1.82, 2.24) is 0 Å². The number of rotatable bonds is 7. The molecule has 0 heterocycles. The van der Waals surface area contributed by atoms with Gasteiger partial charge in [-0.05, 0) is 24.3 Å². The maximum atomic E-state index is 12.1. The van der Waals surface area contributed by atoms with E-state index in [4.69, 9.17) is 18.9 Å². The molecule has 2 rings (SSSR count). The van der Waals surface area contributed by atoms with Crippen LogP contribution in [0.25, 0.3) is 0 Å². The second-order valence-corrected chi connectivity index (χ2v) is 5.05. The lowest BCUT2D eigenvalue weighted by Crippen LogP contribution is -2.21. The van der Waals surface area contributed by atoms with Gasteiger partial charge >= 0.3 is 5.97 Å². The molecule has 0 aliphatic carbocycles. The van der Waals surface area contributed by atoms with Gasteiger partial charge in [0.2, 0.25) is 0 Å². The number of benzene rings is 2. The number of phenols is 1. The monoisotopic (exact) mass is 361 g/mol. The zero-order valence-corrected chi connectivity index (χ0v) is 14.6. The summed E-state index contributed by atoms with van der Waals surface area (Å²) in [6.07, 6.45) is 0. The minimum Gasteiger partial charge on any atom is -0.504 e. The standard InChI is InChI=1S/C18H19NO7/c1-23-11-7-8-14(24-2)13(9-11)19-16(20)10-26-18(22)12-5-4-6-15(25-3)17(12)21/h4-9,21H,10H2,1-3H3,(H,19,20). The second-order valence-electron chi connectivity index (χ2n) is 5.05. The summed E-state index contributed by atoms with van der Waals surface area (Å²) in [5.41, 5.74) is 0.272. The maximum absolute atomic E-state index is 12.1. The predicted octanol–water partition coefficient (Wildman–Crippen LogP) is 2.21. The molecule has 0 spiro atoms. The van der Waals surface area contributed by atoms with Crippen LogP contribution in [0.4, 0.5) is 5.69 Å². The summed E-state index contributed by atoms with van der Waals surface area (Å²) in [4.78, 5) is 24.1. The third-order valence-corrected chi connectivity index (χ3v) is 3.45. The Morgan fingerprint density at radius 2 is 1.73 bits per heavy atom. The molecule has 0 saturated carbocycles. The molecule has 2 N–H and O–H groups in total. The smallest absolute Gasteiger partial charge is 0.342 e. The van der Waals surface area contributed by atoms with E-state index in [9.17, 15) is 14.7 Å². The van der Waals surface area contributed by atoms with Crippen LogP contribution >= 0.6 is 0 Å². The van der Waals surface area contributed by atoms with Crippen molar-refractivity contribution in [1.29, 1.82) is 0 Å². The average molecular weight is 361 g/mol. The van der Waals surface area contributed by atoms with Crippen molar-refractivity contribution in [2.75, 3.05) is 33.3 Å². The van der Waals surface area contributed by atoms with Gasteiger partial charge < -0.3 is 29.4 Å². The predicted molar refractivity (Wildman–Crippen MR) is 93.1 cm³/mol. The maximum Gasteiger partial charge on any atom is 0.342 e. The molecule has 0 saturated heterocycles. The largest absolute Gasteiger partial charge is 0.504 e. The summed E-state index contributed by atoms with van der Waals surface area (Å²) in [6, 6.07) is 9.27. The van der Waals surface area contributed by atoms with Crippen LogP contribution < -0.4 is 19.5 Å². The number of amides is 1. The van der Waals surface area contributed by atoms with Gasteiger partial charge in [0.05, 0.1) is 27.0 Å². The van der Waals surface area contributed by atoms with Crippen molar-refractivity contribution < 1.29 is 33.6 Å². The molecule has 0 radical (unpaired) electrons. The zero-order chi connectivity index (χ0) is 19.1. The first-order valence-corrected chi connectivity index (χ1v) is 7.55. The van der Waals surface area contributed by atoms with Gasteiger partial charge in [-0.3, -0.25) is 4.79 Å². The van der Waals surface area contributed by atoms with E-state index < -0.39 is 18.5 Å². The minimum absolute atomic E-state index is 0.101. The number of methoxy groups -OCH3 is 3. The first-order chi connectivity index (χ1) is 12.5. The number of hydrogen-bond donors (Lipinski definition) is 2. The van der Waals surface area contributed by atoms with Crippen LogP contribution in [0.5, 0.6) is 23.0 Å². The Hall–Kier alpha value is -3.42. The quantitative estimate of drug-likeness (QED) is 0.729. The molecule has 1 amide bonds. The van der Waals surface area contributed by atoms with Crippen LogP contribution in [-0.2, 0) is 9.53 Å². The van der Waals surface area contributed by atoms with E-state index in [2.05, 4.69) is 5.32 Å². The molecule has 2 aromatic carbocycles. The van der Waals surface area contributed by atoms with Gasteiger partial charge in [-0.15, -0.1) is 0 Å². The van der Waals surface area contributed by atoms with E-state index in [1.54, 1.807) is 18.2 Å². The number of hydrogen-bond acceptors (Lipinski definition) is 7. The van der Waals surface area contributed by atoms with Crippen LogP contribution in [0.3, 0.4) is 0 Å². The third kappa shape index (κ3) is 4.35. The van der Waals surface area contributed by atoms with Gasteiger partial charge in [-0.2, -0.15) is 0 Å². The highest BCUT2D eigenvalue weighted by Gasteiger charge is 2.18. The Labute approximate surface area is 150 Å². The van der Waals surface area contributed by atoms with Gasteiger partial charge in [-0.1, -0.05) is 6.07 Å². The molecule has 8 nitrogen and oxygen atoms in total. The normalized spacial score (nSPS) is 9.96. The Bertz CT molecular complexity index is 804. The Kier molecular flexibility index (Phi) is 6.26. The van der Waals surface area contributed by atoms with Crippen molar-refractivity contribution in [2.45, 2.75) is 0 Å². The molecule has 0 unspecified atom stereocenters. The molecule has 0 atom stereocenters. The molecule has 0 aromatic heterocycles. The Morgan fingerprint density at radius 1 is 1.00 bits per heavy atom. The van der Waals surface area contributed by atoms with Gasteiger partial charge in [0.15, 0.2) is 18.1 Å². The topological polar surface area (TPSA) is 103 Å². The molecule has 0 bridgehead atoms. The zero-order valence-electron chi connectivity index (χ0n) is 14.6. The number of aromatic hydroxyl groups is 1. The number of para-hydroxylation sites is 1. The minimum atomic E-state index is -0.853. The molecule has 0 aliphatic heterocycles. The number of esters is 1. The van der Waals surface area contributed by atoms with Gasteiger partial charge in [-0.25, -0.2) is 4.79 Å².